The molecule has 0 fully saturated rings. The topological polar surface area (TPSA) is 67.3 Å². The molecule has 0 saturated carbocycles. The Kier molecular flexibility index (Phi) is 5.52. The molecule has 15 heavy (non-hydrogen) atoms. The zero-order valence-electron chi connectivity index (χ0n) is 9.06. The summed E-state index contributed by atoms with van der Waals surface area (Å²) in [6.07, 6.45) is 1.59. The molecule has 1 heterocycles. The second-order valence-corrected chi connectivity index (χ2v) is 3.94. The summed E-state index contributed by atoms with van der Waals surface area (Å²) >= 11 is 1.32. The average Bonchev–Trinajstić information content (AvgIpc) is 2.70. The maximum atomic E-state index is 9.01. The van der Waals surface area contributed by atoms with Gasteiger partial charge in [0.1, 0.15) is 5.82 Å². The van der Waals surface area contributed by atoms with E-state index >= 15 is 0 Å². The zero-order valence-corrected chi connectivity index (χ0v) is 9.88. The quantitative estimate of drug-likeness (QED) is 0.730. The number of aliphatic hydroxyl groups excluding tert-OH is 1. The molecule has 1 rings (SSSR count). The fourth-order valence-corrected chi connectivity index (χ4v) is 1.75. The summed E-state index contributed by atoms with van der Waals surface area (Å²) in [6.45, 7) is 2.76. The molecule has 0 unspecified atom stereocenters. The van der Waals surface area contributed by atoms with Crippen LogP contribution in [0.25, 0.3) is 0 Å². The number of anilines is 1. The van der Waals surface area contributed by atoms with E-state index in [1.54, 1.807) is 7.11 Å². The van der Waals surface area contributed by atoms with Crippen molar-refractivity contribution in [3.63, 3.8) is 0 Å². The van der Waals surface area contributed by atoms with Gasteiger partial charge in [-0.1, -0.05) is 6.92 Å². The summed E-state index contributed by atoms with van der Waals surface area (Å²) in [5, 5.41) is 12.9. The number of methoxy groups -OCH3 is 1. The van der Waals surface area contributed by atoms with Crippen LogP contribution in [-0.2, 0) is 11.2 Å². The summed E-state index contributed by atoms with van der Waals surface area (Å²) in [5.74, 6) is 0.789. The number of nitrogens with zero attached hydrogens (tertiary/aromatic N) is 2. The van der Waals surface area contributed by atoms with Crippen LogP contribution in [0.3, 0.4) is 0 Å². The smallest absolute Gasteiger partial charge is 0.202 e. The number of nitrogens with one attached hydrogen (secondary N) is 1. The van der Waals surface area contributed by atoms with Crippen molar-refractivity contribution in [2.75, 3.05) is 25.6 Å². The van der Waals surface area contributed by atoms with Crippen molar-refractivity contribution in [3.05, 3.63) is 5.82 Å². The summed E-state index contributed by atoms with van der Waals surface area (Å²) in [4.78, 5) is 4.29. The number of hydrogen-bond acceptors (Lipinski definition) is 6. The molecule has 0 saturated heterocycles. The van der Waals surface area contributed by atoms with E-state index in [0.29, 0.717) is 6.61 Å². The van der Waals surface area contributed by atoms with E-state index in [2.05, 4.69) is 14.7 Å². The van der Waals surface area contributed by atoms with E-state index in [0.717, 1.165) is 23.8 Å². The van der Waals surface area contributed by atoms with Crippen LogP contribution in [0.1, 0.15) is 19.2 Å². The van der Waals surface area contributed by atoms with Gasteiger partial charge in [-0.25, -0.2) is 4.98 Å². The predicted octanol–water partition coefficient (Wildman–Crippen LogP) is 0.910. The molecular weight excluding hydrogens is 214 g/mol. The number of hydrogen-bond donors (Lipinski definition) is 2. The zero-order chi connectivity index (χ0) is 11.1. The van der Waals surface area contributed by atoms with Crippen LogP contribution in [0.4, 0.5) is 5.13 Å². The van der Waals surface area contributed by atoms with Crippen molar-refractivity contribution in [2.45, 2.75) is 25.8 Å². The lowest BCUT2D eigenvalue weighted by molar-refractivity contribution is 0.201. The summed E-state index contributed by atoms with van der Waals surface area (Å²) in [6, 6.07) is 0.0632. The van der Waals surface area contributed by atoms with Crippen molar-refractivity contribution in [1.29, 1.82) is 0 Å². The van der Waals surface area contributed by atoms with Crippen LogP contribution in [0.2, 0.25) is 0 Å². The second-order valence-electron chi connectivity index (χ2n) is 3.19. The second kappa shape index (κ2) is 6.71. The molecule has 0 spiro atoms. The number of ether oxygens (including phenoxy) is 1. The molecule has 0 aliphatic rings. The summed E-state index contributed by atoms with van der Waals surface area (Å²) < 4.78 is 9.12. The van der Waals surface area contributed by atoms with Crippen LogP contribution in [0, 0.1) is 0 Å². The van der Waals surface area contributed by atoms with Gasteiger partial charge in [0, 0.05) is 25.1 Å². The van der Waals surface area contributed by atoms with E-state index in [1.165, 1.54) is 11.5 Å². The summed E-state index contributed by atoms with van der Waals surface area (Å²) in [5.41, 5.74) is 0. The Bertz CT molecular complexity index is 276. The first-order chi connectivity index (χ1) is 7.30. The van der Waals surface area contributed by atoms with Crippen LogP contribution in [0.5, 0.6) is 0 Å². The minimum absolute atomic E-state index is 0.0632. The third-order valence-corrected chi connectivity index (χ3v) is 2.72. The van der Waals surface area contributed by atoms with Gasteiger partial charge in [0.25, 0.3) is 0 Å². The molecule has 1 atom stereocenters. The Morgan fingerprint density at radius 3 is 3.00 bits per heavy atom. The van der Waals surface area contributed by atoms with Crippen molar-refractivity contribution in [1.82, 2.24) is 9.36 Å². The lowest BCUT2D eigenvalue weighted by atomic mass is 10.2. The maximum absolute atomic E-state index is 9.01. The lowest BCUT2D eigenvalue weighted by Gasteiger charge is -2.11. The average molecular weight is 231 g/mol. The Balaban J connectivity index is 2.44. The monoisotopic (exact) mass is 231 g/mol. The lowest BCUT2D eigenvalue weighted by Crippen LogP contribution is -2.22. The first-order valence-corrected chi connectivity index (χ1v) is 5.76. The summed E-state index contributed by atoms with van der Waals surface area (Å²) in [7, 11) is 1.66. The molecule has 0 radical (unpaired) electrons. The van der Waals surface area contributed by atoms with Gasteiger partial charge in [-0.05, 0) is 6.42 Å². The highest BCUT2D eigenvalue weighted by molar-refractivity contribution is 7.09. The predicted molar refractivity (Wildman–Crippen MR) is 60.3 cm³/mol. The number of aliphatic hydroxyl groups is 1. The van der Waals surface area contributed by atoms with Crippen LogP contribution >= 0.6 is 11.5 Å². The van der Waals surface area contributed by atoms with Crippen LogP contribution in [0.15, 0.2) is 0 Å². The SMILES string of the molecule is CC[C@@H](CO)Nc1nc(CCOC)ns1. The highest BCUT2D eigenvalue weighted by Crippen LogP contribution is 2.13. The van der Waals surface area contributed by atoms with E-state index in [4.69, 9.17) is 9.84 Å². The minimum Gasteiger partial charge on any atom is -0.394 e. The molecule has 2 N–H and O–H groups in total. The van der Waals surface area contributed by atoms with Gasteiger partial charge in [0.2, 0.25) is 5.13 Å². The third kappa shape index (κ3) is 4.11. The van der Waals surface area contributed by atoms with Gasteiger partial charge in [0.15, 0.2) is 0 Å². The molecule has 0 bridgehead atoms. The minimum atomic E-state index is 0.0632. The highest BCUT2D eigenvalue weighted by Gasteiger charge is 2.08. The van der Waals surface area contributed by atoms with E-state index in [1.807, 2.05) is 6.92 Å². The Morgan fingerprint density at radius 1 is 1.60 bits per heavy atom. The molecule has 0 aromatic carbocycles. The van der Waals surface area contributed by atoms with E-state index in [9.17, 15) is 0 Å². The number of rotatable bonds is 7. The third-order valence-electron chi connectivity index (χ3n) is 2.04. The molecule has 0 amide bonds. The Hall–Kier alpha value is -0.720. The van der Waals surface area contributed by atoms with Gasteiger partial charge < -0.3 is 15.2 Å². The fraction of sp³-hybridized carbons (Fsp3) is 0.778. The van der Waals surface area contributed by atoms with E-state index in [-0.39, 0.29) is 12.6 Å². The molecule has 0 aliphatic carbocycles. The highest BCUT2D eigenvalue weighted by atomic mass is 32.1. The van der Waals surface area contributed by atoms with Crippen LogP contribution in [-0.4, -0.2) is 40.8 Å². The van der Waals surface area contributed by atoms with Crippen molar-refractivity contribution < 1.29 is 9.84 Å². The van der Waals surface area contributed by atoms with Crippen molar-refractivity contribution >= 4 is 16.7 Å². The van der Waals surface area contributed by atoms with Gasteiger partial charge in [-0.15, -0.1) is 0 Å². The molecule has 6 heteroatoms. The largest absolute Gasteiger partial charge is 0.394 e. The first-order valence-electron chi connectivity index (χ1n) is 4.99. The molecule has 1 aromatic rings. The Labute approximate surface area is 93.7 Å². The number of aromatic nitrogens is 2. The standard InChI is InChI=1S/C9H17N3O2S/c1-3-7(6-13)10-9-11-8(12-15-9)4-5-14-2/h7,13H,3-6H2,1-2H3,(H,10,11,12)/t7-/m0/s1. The van der Waals surface area contributed by atoms with Crippen molar-refractivity contribution in [2.24, 2.45) is 0 Å². The normalized spacial score (nSPS) is 12.7. The first kappa shape index (κ1) is 12.4. The maximum Gasteiger partial charge on any atom is 0.202 e. The van der Waals surface area contributed by atoms with Gasteiger partial charge in [-0.2, -0.15) is 4.37 Å². The molecule has 5 nitrogen and oxygen atoms in total. The van der Waals surface area contributed by atoms with Gasteiger partial charge in [0.05, 0.1) is 19.3 Å². The molecule has 0 aliphatic heterocycles. The van der Waals surface area contributed by atoms with Crippen LogP contribution < -0.4 is 5.32 Å². The Morgan fingerprint density at radius 2 is 2.40 bits per heavy atom. The van der Waals surface area contributed by atoms with Crippen molar-refractivity contribution in [3.8, 4) is 0 Å². The molecule has 86 valence electrons. The fourth-order valence-electron chi connectivity index (χ4n) is 1.06. The van der Waals surface area contributed by atoms with Gasteiger partial charge in [-0.3, -0.25) is 0 Å². The van der Waals surface area contributed by atoms with E-state index < -0.39 is 0 Å². The van der Waals surface area contributed by atoms with Gasteiger partial charge >= 0.3 is 0 Å². The molecular formula is C9H17N3O2S. The molecule has 1 aromatic heterocycles.